The van der Waals surface area contributed by atoms with Crippen LogP contribution in [-0.4, -0.2) is 92.1 Å². The lowest BCUT2D eigenvalue weighted by molar-refractivity contribution is -0.150. The van der Waals surface area contributed by atoms with Crippen LogP contribution < -0.4 is 16.3 Å². The third kappa shape index (κ3) is 16.1. The number of benzene rings is 4. The number of hydroxylamine groups is 2. The van der Waals surface area contributed by atoms with Crippen LogP contribution in [0, 0.1) is 0 Å². The Hall–Kier alpha value is -10.6. The van der Waals surface area contributed by atoms with Gasteiger partial charge in [-0.3, -0.25) is 24.7 Å². The number of fused-ring (bicyclic) bond motifs is 4. The van der Waals surface area contributed by atoms with E-state index in [9.17, 15) is 14.4 Å². The minimum atomic E-state index is -0.477. The van der Waals surface area contributed by atoms with Crippen molar-refractivity contribution in [2.24, 2.45) is 0 Å². The van der Waals surface area contributed by atoms with E-state index >= 15 is 0 Å². The molecule has 17 nitrogen and oxygen atoms in total. The van der Waals surface area contributed by atoms with E-state index in [1.807, 2.05) is 165 Å². The molecule has 12 aromatic rings. The largest absolute Gasteiger partial charge is 0.463 e. The fourth-order valence-corrected chi connectivity index (χ4v) is 9.85. The van der Waals surface area contributed by atoms with Gasteiger partial charge in [-0.1, -0.05) is 72.8 Å². The Morgan fingerprint density at radius 1 is 0.477 bits per heavy atom. The molecule has 0 aliphatic rings. The summed E-state index contributed by atoms with van der Waals surface area (Å²) >= 11 is 0. The first-order valence-electron chi connectivity index (χ1n) is 28.1. The molecule has 0 bridgehead atoms. The maximum atomic E-state index is 11.9. The molecule has 7 N–H and O–H groups in total. The predicted octanol–water partition coefficient (Wildman–Crippen LogP) is 12.3. The average molecular weight is 1150 g/mol. The molecule has 0 aliphatic carbocycles. The van der Waals surface area contributed by atoms with E-state index in [1.54, 1.807) is 32.6 Å². The number of pyridine rings is 4. The number of aromatic nitrogens is 8. The molecule has 4 aromatic carbocycles. The molecule has 0 amide bonds. The minimum absolute atomic E-state index is 0.144. The summed E-state index contributed by atoms with van der Waals surface area (Å²) < 4.78 is 5.04. The van der Waals surface area contributed by atoms with Crippen molar-refractivity contribution in [3.63, 3.8) is 0 Å². The second-order valence-corrected chi connectivity index (χ2v) is 19.5. The molecule has 86 heavy (non-hydrogen) atoms. The van der Waals surface area contributed by atoms with Crippen LogP contribution in [0.3, 0.4) is 0 Å². The fourth-order valence-electron chi connectivity index (χ4n) is 9.85. The molecule has 0 saturated carbocycles. The Kier molecular flexibility index (Phi) is 21.4. The van der Waals surface area contributed by atoms with Gasteiger partial charge in [-0.05, 0) is 168 Å². The zero-order valence-electron chi connectivity index (χ0n) is 48.2. The number of H-pyrrole nitrogens is 4. The SMILES string of the molecule is CCOC(=O)/C=C(/c1ccc2cc[nH]c2c1)c1ccccn1.CNCCC(c1ccc2cc[nH]c2c1)c1ccccn1.CNOC(=O)/C=C(/c1ccc2cc[nH]c2c1)c1ccccn1.CNOC(=O)CC(c1ccc2cc[nH]c2c1)c1ccccn1. The lowest BCUT2D eigenvalue weighted by atomic mass is 9.91. The van der Waals surface area contributed by atoms with Gasteiger partial charge in [0.05, 0.1) is 24.4 Å². The van der Waals surface area contributed by atoms with Crippen LogP contribution in [0.4, 0.5) is 0 Å². The number of ether oxygens (including phenoxy) is 1. The van der Waals surface area contributed by atoms with Crippen molar-refractivity contribution < 1.29 is 28.8 Å². The number of hydrogen-bond acceptors (Lipinski definition) is 13. The Bertz CT molecular complexity index is 4020. The maximum absolute atomic E-state index is 11.9. The molecule has 17 heteroatoms. The summed E-state index contributed by atoms with van der Waals surface area (Å²) in [6.07, 6.45) is 18.9. The third-order valence-electron chi connectivity index (χ3n) is 13.9. The van der Waals surface area contributed by atoms with Gasteiger partial charge >= 0.3 is 17.9 Å². The first-order chi connectivity index (χ1) is 42.2. The Balaban J connectivity index is 0.000000137. The Labute approximate surface area is 497 Å². The van der Waals surface area contributed by atoms with Crippen molar-refractivity contribution in [3.05, 3.63) is 277 Å². The van der Waals surface area contributed by atoms with Gasteiger partial charge in [0.1, 0.15) is 0 Å². The van der Waals surface area contributed by atoms with Gasteiger partial charge in [0.2, 0.25) is 0 Å². The maximum Gasteiger partial charge on any atom is 0.350 e. The van der Waals surface area contributed by atoms with Gasteiger partial charge in [-0.25, -0.2) is 9.59 Å². The number of carbonyl (C=O) groups excluding carboxylic acids is 3. The van der Waals surface area contributed by atoms with E-state index < -0.39 is 5.97 Å². The lowest BCUT2D eigenvalue weighted by Gasteiger charge is -2.17. The van der Waals surface area contributed by atoms with Crippen LogP contribution in [0.5, 0.6) is 0 Å². The van der Waals surface area contributed by atoms with Gasteiger partial charge in [0.25, 0.3) is 0 Å². The highest BCUT2D eigenvalue weighted by molar-refractivity contribution is 5.98. The third-order valence-corrected chi connectivity index (χ3v) is 13.9. The van der Waals surface area contributed by atoms with Crippen molar-refractivity contribution in [2.75, 3.05) is 34.3 Å². The molecule has 2 atom stereocenters. The van der Waals surface area contributed by atoms with E-state index in [0.717, 1.165) is 85.0 Å². The lowest BCUT2D eigenvalue weighted by Crippen LogP contribution is -2.18. The number of carbonyl (C=O) groups is 3. The van der Waals surface area contributed by atoms with Crippen LogP contribution >= 0.6 is 0 Å². The number of nitrogens with zero attached hydrogens (tertiary/aromatic N) is 4. The monoisotopic (exact) mass is 1150 g/mol. The Morgan fingerprint density at radius 2 is 0.907 bits per heavy atom. The zero-order chi connectivity index (χ0) is 59.9. The molecule has 434 valence electrons. The fraction of sp³-hybridized carbons (Fsp3) is 0.145. The molecule has 0 saturated heterocycles. The van der Waals surface area contributed by atoms with Gasteiger partial charge in [0, 0.05) is 132 Å². The van der Waals surface area contributed by atoms with E-state index in [2.05, 4.69) is 98.6 Å². The smallest absolute Gasteiger partial charge is 0.350 e. The number of esters is 1. The van der Waals surface area contributed by atoms with Crippen molar-refractivity contribution >= 4 is 72.7 Å². The van der Waals surface area contributed by atoms with Gasteiger partial charge in [-0.2, -0.15) is 11.0 Å². The van der Waals surface area contributed by atoms with E-state index in [4.69, 9.17) is 14.4 Å². The highest BCUT2D eigenvalue weighted by Crippen LogP contribution is 2.32. The van der Waals surface area contributed by atoms with Gasteiger partial charge in [0.15, 0.2) is 0 Å². The standard InChI is InChI=1S/C18H16N2O2.C17H17N3O2.C17H15N3O2.C17H19N3/c1-2-22-18(21)12-15(16-5-3-4-9-19-16)14-7-6-13-8-10-20-17(13)11-14;2*1-18-22-17(21)11-14(15-4-2-3-8-19-15)13-6-5-12-7-9-20-16(12)10-13;1-18-10-8-15(16-4-2-3-9-19-16)14-6-5-13-7-11-20-17(13)12-14/h3-12,20H,2H2,1H3;2-10,14,18,20H,11H2,1H3;2-11,18,20H,1H3;2-7,9,11-12,15,18,20H,8,10H2,1H3/b15-12-;;14-11-;. The normalized spacial score (nSPS) is 12.0. The van der Waals surface area contributed by atoms with Gasteiger partial charge in [-0.15, -0.1) is 0 Å². The minimum Gasteiger partial charge on any atom is -0.463 e. The molecule has 0 fully saturated rings. The molecule has 8 aromatic heterocycles. The Morgan fingerprint density at radius 3 is 1.34 bits per heavy atom. The summed E-state index contributed by atoms with van der Waals surface area (Å²) in [5.74, 6) is -0.972. The molecule has 0 spiro atoms. The van der Waals surface area contributed by atoms with Crippen LogP contribution in [0.15, 0.2) is 232 Å². The highest BCUT2D eigenvalue weighted by Gasteiger charge is 2.22. The molecule has 12 rings (SSSR count). The molecule has 0 radical (unpaired) electrons. The van der Waals surface area contributed by atoms with Crippen LogP contribution in [-0.2, 0) is 28.8 Å². The first kappa shape index (κ1) is 60.0. The van der Waals surface area contributed by atoms with Crippen molar-refractivity contribution in [1.82, 2.24) is 56.1 Å². The van der Waals surface area contributed by atoms with E-state index in [0.29, 0.717) is 23.8 Å². The van der Waals surface area contributed by atoms with Crippen LogP contribution in [0.25, 0.3) is 54.8 Å². The highest BCUT2D eigenvalue weighted by atomic mass is 16.7. The summed E-state index contributed by atoms with van der Waals surface area (Å²) in [4.78, 5) is 75.7. The number of nitrogens with one attached hydrogen (secondary N) is 7. The van der Waals surface area contributed by atoms with E-state index in [-0.39, 0.29) is 24.3 Å². The quantitative estimate of drug-likeness (QED) is 0.0184. The van der Waals surface area contributed by atoms with Gasteiger partial charge < -0.3 is 39.7 Å². The topological polar surface area (TPSA) is 230 Å². The zero-order valence-corrected chi connectivity index (χ0v) is 48.2. The number of hydrogen-bond donors (Lipinski definition) is 7. The van der Waals surface area contributed by atoms with Crippen molar-refractivity contribution in [3.8, 4) is 0 Å². The summed E-state index contributed by atoms with van der Waals surface area (Å²) in [6, 6.07) is 55.9. The van der Waals surface area contributed by atoms with Crippen molar-refractivity contribution in [1.29, 1.82) is 0 Å². The van der Waals surface area contributed by atoms with Crippen LogP contribution in [0.1, 0.15) is 76.6 Å². The summed E-state index contributed by atoms with van der Waals surface area (Å²) in [5.41, 5.74) is 18.1. The number of aromatic amines is 4. The molecular formula is C69H67N11O6. The second-order valence-electron chi connectivity index (χ2n) is 19.5. The molecule has 0 aliphatic heterocycles. The average Bonchev–Trinajstić information content (AvgIpc) is 3.53. The predicted molar refractivity (Wildman–Crippen MR) is 338 cm³/mol. The summed E-state index contributed by atoms with van der Waals surface area (Å²) in [6.45, 7) is 3.11. The summed E-state index contributed by atoms with van der Waals surface area (Å²) in [7, 11) is 5.10. The van der Waals surface area contributed by atoms with Crippen molar-refractivity contribution in [2.45, 2.75) is 31.6 Å². The van der Waals surface area contributed by atoms with E-state index in [1.165, 1.54) is 35.7 Å². The summed E-state index contributed by atoms with van der Waals surface area (Å²) in [5, 5.41) is 7.86. The number of rotatable bonds is 18. The van der Waals surface area contributed by atoms with Crippen LogP contribution in [0.2, 0.25) is 0 Å². The first-order valence-corrected chi connectivity index (χ1v) is 28.1. The second kappa shape index (κ2) is 30.6. The molecule has 2 unspecified atom stereocenters. The molecule has 8 heterocycles. The molecular weight excluding hydrogens is 1080 g/mol.